The van der Waals surface area contributed by atoms with Crippen LogP contribution in [0.15, 0.2) is 75.9 Å². The van der Waals surface area contributed by atoms with Gasteiger partial charge >= 0.3 is 11.6 Å². The monoisotopic (exact) mass is 515 g/mol. The van der Waals surface area contributed by atoms with E-state index in [9.17, 15) is 14.4 Å². The minimum Gasteiger partial charge on any atom is -0.497 e. The number of aryl methyl sites for hydroxylation is 1. The van der Waals surface area contributed by atoms with Crippen LogP contribution >= 0.6 is 11.6 Å². The van der Waals surface area contributed by atoms with Crippen molar-refractivity contribution in [3.05, 3.63) is 105 Å². The van der Waals surface area contributed by atoms with Crippen LogP contribution in [0.2, 0.25) is 5.02 Å². The Labute approximate surface area is 216 Å². The van der Waals surface area contributed by atoms with Crippen LogP contribution < -0.4 is 15.1 Å². The number of nitrogens with zero attached hydrogens (tertiary/aromatic N) is 1. The van der Waals surface area contributed by atoms with Crippen LogP contribution in [-0.2, 0) is 11.2 Å². The van der Waals surface area contributed by atoms with E-state index >= 15 is 0 Å². The molecular weight excluding hydrogens is 494 g/mol. The number of fused-ring (bicyclic) bond motifs is 2. The maximum atomic E-state index is 13.5. The second-order valence-electron chi connectivity index (χ2n) is 8.65. The molecule has 0 aliphatic carbocycles. The number of esters is 1. The second-order valence-corrected chi connectivity index (χ2v) is 9.09. The molecule has 2 heterocycles. The summed E-state index contributed by atoms with van der Waals surface area (Å²) in [4.78, 5) is 38.2. The summed E-state index contributed by atoms with van der Waals surface area (Å²) in [6, 6.07) is 18.3. The topological polar surface area (TPSA) is 87.7 Å². The van der Waals surface area contributed by atoms with Gasteiger partial charge in [0.1, 0.15) is 17.1 Å². The molecule has 0 aliphatic rings. The van der Waals surface area contributed by atoms with Gasteiger partial charge in [-0.25, -0.2) is 4.79 Å². The lowest BCUT2D eigenvalue weighted by Crippen LogP contribution is -2.15. The van der Waals surface area contributed by atoms with Crippen molar-refractivity contribution in [1.29, 1.82) is 0 Å². The Balaban J connectivity index is 1.51. The molecule has 0 spiro atoms. The highest BCUT2D eigenvalue weighted by molar-refractivity contribution is 6.30. The molecule has 0 fully saturated rings. The average molecular weight is 516 g/mol. The van der Waals surface area contributed by atoms with Crippen molar-refractivity contribution in [1.82, 2.24) is 4.57 Å². The third kappa shape index (κ3) is 4.61. The molecule has 0 radical (unpaired) electrons. The summed E-state index contributed by atoms with van der Waals surface area (Å²) in [7, 11) is 1.55. The molecule has 3 aromatic carbocycles. The molecule has 0 atom stereocenters. The van der Waals surface area contributed by atoms with E-state index in [0.29, 0.717) is 44.1 Å². The number of aromatic nitrogens is 1. The van der Waals surface area contributed by atoms with Crippen LogP contribution in [-0.4, -0.2) is 23.6 Å². The lowest BCUT2D eigenvalue weighted by Gasteiger charge is -2.08. The standard InChI is InChI=1S/C29H22ClNO6/c1-16-12-27(32)37-26-14-21(8-10-22(16)26)36-28(33)15-23-17(2)31(25-11-9-20(35-3)13-24(23)25)29(34)18-4-6-19(30)7-5-18/h4-14H,15H2,1-3H3. The van der Waals surface area contributed by atoms with E-state index in [4.69, 9.17) is 25.5 Å². The largest absolute Gasteiger partial charge is 0.497 e. The van der Waals surface area contributed by atoms with Gasteiger partial charge in [0.25, 0.3) is 5.91 Å². The third-order valence-corrected chi connectivity index (χ3v) is 6.56. The SMILES string of the molecule is COc1ccc2c(c1)c(CC(=O)Oc1ccc3c(C)cc(=O)oc3c1)c(C)n2C(=O)c1ccc(Cl)cc1. The van der Waals surface area contributed by atoms with Crippen LogP contribution in [0.3, 0.4) is 0 Å². The number of hydrogen-bond donors (Lipinski definition) is 0. The minimum atomic E-state index is -0.529. The number of ether oxygens (including phenoxy) is 2. The maximum Gasteiger partial charge on any atom is 0.336 e. The van der Waals surface area contributed by atoms with Gasteiger partial charge in [0.05, 0.1) is 19.0 Å². The van der Waals surface area contributed by atoms with Crippen LogP contribution in [0.5, 0.6) is 11.5 Å². The van der Waals surface area contributed by atoms with Crippen molar-refractivity contribution in [2.45, 2.75) is 20.3 Å². The van der Waals surface area contributed by atoms with Crippen LogP contribution in [0.1, 0.15) is 27.2 Å². The molecule has 0 saturated carbocycles. The molecule has 5 rings (SSSR count). The molecule has 5 aromatic rings. The number of hydrogen-bond acceptors (Lipinski definition) is 6. The summed E-state index contributed by atoms with van der Waals surface area (Å²) in [6.07, 6.45) is -0.0911. The van der Waals surface area contributed by atoms with Crippen molar-refractivity contribution in [2.24, 2.45) is 0 Å². The minimum absolute atomic E-state index is 0.0911. The Morgan fingerprint density at radius 2 is 1.65 bits per heavy atom. The zero-order valence-corrected chi connectivity index (χ0v) is 21.1. The molecule has 0 N–H and O–H groups in total. The van der Waals surface area contributed by atoms with Gasteiger partial charge in [-0.1, -0.05) is 11.6 Å². The number of carbonyl (C=O) groups is 2. The van der Waals surface area contributed by atoms with Crippen molar-refractivity contribution in [2.75, 3.05) is 7.11 Å². The molecule has 37 heavy (non-hydrogen) atoms. The van der Waals surface area contributed by atoms with E-state index in [-0.39, 0.29) is 18.1 Å². The Kier molecular flexibility index (Phi) is 6.31. The molecule has 0 unspecified atom stereocenters. The summed E-state index contributed by atoms with van der Waals surface area (Å²) >= 11 is 5.99. The fourth-order valence-corrected chi connectivity index (χ4v) is 4.60. The molecule has 186 valence electrons. The van der Waals surface area contributed by atoms with E-state index < -0.39 is 11.6 Å². The first-order chi connectivity index (χ1) is 17.7. The van der Waals surface area contributed by atoms with Gasteiger partial charge in [-0.3, -0.25) is 14.2 Å². The first-order valence-electron chi connectivity index (χ1n) is 11.5. The first kappa shape index (κ1) is 24.3. The third-order valence-electron chi connectivity index (χ3n) is 6.31. The Bertz CT molecular complexity index is 1750. The molecule has 0 bridgehead atoms. The highest BCUT2D eigenvalue weighted by Crippen LogP contribution is 2.31. The molecule has 0 amide bonds. The summed E-state index contributed by atoms with van der Waals surface area (Å²) in [5, 5.41) is 1.99. The lowest BCUT2D eigenvalue weighted by atomic mass is 10.1. The number of rotatable bonds is 5. The second kappa shape index (κ2) is 9.59. The van der Waals surface area contributed by atoms with Gasteiger partial charge in [0.15, 0.2) is 0 Å². The Hall–Kier alpha value is -4.36. The van der Waals surface area contributed by atoms with Gasteiger partial charge in [-0.2, -0.15) is 0 Å². The van der Waals surface area contributed by atoms with E-state index in [1.807, 2.05) is 6.92 Å². The lowest BCUT2D eigenvalue weighted by molar-refractivity contribution is -0.133. The summed E-state index contributed by atoms with van der Waals surface area (Å²) < 4.78 is 17.8. The van der Waals surface area contributed by atoms with Crippen LogP contribution in [0.25, 0.3) is 21.9 Å². The highest BCUT2D eigenvalue weighted by Gasteiger charge is 2.23. The zero-order valence-electron chi connectivity index (χ0n) is 20.3. The van der Waals surface area contributed by atoms with Gasteiger partial charge in [-0.15, -0.1) is 0 Å². The normalized spacial score (nSPS) is 11.1. The van der Waals surface area contributed by atoms with E-state index in [2.05, 4.69) is 0 Å². The fraction of sp³-hybridized carbons (Fsp3) is 0.138. The van der Waals surface area contributed by atoms with Crippen molar-refractivity contribution < 1.29 is 23.5 Å². The van der Waals surface area contributed by atoms with Crippen LogP contribution in [0.4, 0.5) is 0 Å². The van der Waals surface area contributed by atoms with Crippen molar-refractivity contribution in [3.63, 3.8) is 0 Å². The smallest absolute Gasteiger partial charge is 0.336 e. The maximum absolute atomic E-state index is 13.5. The number of benzene rings is 3. The quantitative estimate of drug-likeness (QED) is 0.165. The first-order valence-corrected chi connectivity index (χ1v) is 11.9. The van der Waals surface area contributed by atoms with Crippen molar-refractivity contribution in [3.8, 4) is 11.5 Å². The molecule has 8 heteroatoms. The van der Waals surface area contributed by atoms with Gasteiger partial charge in [-0.05, 0) is 79.6 Å². The zero-order chi connectivity index (χ0) is 26.3. The number of halogens is 1. The molecule has 0 aliphatic heterocycles. The van der Waals surface area contributed by atoms with E-state index in [1.165, 1.54) is 12.1 Å². The fourth-order valence-electron chi connectivity index (χ4n) is 4.48. The van der Waals surface area contributed by atoms with E-state index in [1.54, 1.807) is 73.2 Å². The number of methoxy groups -OCH3 is 1. The summed E-state index contributed by atoms with van der Waals surface area (Å²) in [5.41, 5.74) is 2.99. The Morgan fingerprint density at radius 3 is 2.38 bits per heavy atom. The predicted molar refractivity (Wildman–Crippen MR) is 141 cm³/mol. The predicted octanol–water partition coefficient (Wildman–Crippen LogP) is 5.86. The van der Waals surface area contributed by atoms with Gasteiger partial charge in [0.2, 0.25) is 0 Å². The summed E-state index contributed by atoms with van der Waals surface area (Å²) in [6.45, 7) is 3.60. The Morgan fingerprint density at radius 1 is 0.919 bits per heavy atom. The molecular formula is C29H22ClNO6. The average Bonchev–Trinajstić information content (AvgIpc) is 3.13. The highest BCUT2D eigenvalue weighted by atomic mass is 35.5. The number of carbonyl (C=O) groups excluding carboxylic acids is 2. The van der Waals surface area contributed by atoms with Crippen molar-refractivity contribution >= 4 is 45.3 Å². The van der Waals surface area contributed by atoms with Crippen LogP contribution in [0, 0.1) is 13.8 Å². The molecule has 7 nitrogen and oxygen atoms in total. The van der Waals surface area contributed by atoms with E-state index in [0.717, 1.165) is 10.9 Å². The molecule has 0 saturated heterocycles. The van der Waals surface area contributed by atoms with Gasteiger partial charge < -0.3 is 13.9 Å². The summed E-state index contributed by atoms with van der Waals surface area (Å²) in [5.74, 6) is 0.0720. The van der Waals surface area contributed by atoms with Gasteiger partial charge in [0, 0.05) is 39.2 Å². The molecule has 2 aromatic heterocycles.